The Morgan fingerprint density at radius 3 is 2.39 bits per heavy atom. The number of alkyl carbamates (subject to hydrolysis) is 1. The third-order valence-corrected chi connectivity index (χ3v) is 3.46. The normalized spacial score (nSPS) is 25.3. The minimum atomic E-state index is -0.454. The fourth-order valence-electron chi connectivity index (χ4n) is 2.50. The lowest BCUT2D eigenvalue weighted by Crippen LogP contribution is -2.37. The first-order chi connectivity index (χ1) is 8.42. The van der Waals surface area contributed by atoms with Gasteiger partial charge in [-0.1, -0.05) is 19.3 Å². The van der Waals surface area contributed by atoms with Crippen LogP contribution in [-0.4, -0.2) is 30.0 Å². The second-order valence-electron chi connectivity index (χ2n) is 6.22. The van der Waals surface area contributed by atoms with Crippen LogP contribution < -0.4 is 5.32 Å². The summed E-state index contributed by atoms with van der Waals surface area (Å²) in [6, 6.07) is 0. The maximum Gasteiger partial charge on any atom is 0.407 e. The molecule has 2 N–H and O–H groups in total. The highest BCUT2D eigenvalue weighted by Crippen LogP contribution is 2.28. The molecule has 4 nitrogen and oxygen atoms in total. The van der Waals surface area contributed by atoms with Crippen LogP contribution in [0.1, 0.15) is 52.9 Å². The quantitative estimate of drug-likeness (QED) is 0.764. The van der Waals surface area contributed by atoms with Gasteiger partial charge in [-0.25, -0.2) is 4.79 Å². The van der Waals surface area contributed by atoms with Crippen molar-refractivity contribution >= 4 is 6.09 Å². The molecule has 0 bridgehead atoms. The summed E-state index contributed by atoms with van der Waals surface area (Å²) in [4.78, 5) is 11.6. The molecule has 1 amide bonds. The first-order valence-corrected chi connectivity index (χ1v) is 7.00. The van der Waals surface area contributed by atoms with Crippen LogP contribution in [0.5, 0.6) is 0 Å². The largest absolute Gasteiger partial charge is 0.444 e. The van der Waals surface area contributed by atoms with Crippen LogP contribution in [0.15, 0.2) is 0 Å². The maximum atomic E-state index is 11.6. The second kappa shape index (κ2) is 6.98. The number of carbonyl (C=O) groups excluding carboxylic acids is 1. The summed E-state index contributed by atoms with van der Waals surface area (Å²) >= 11 is 0. The molecule has 18 heavy (non-hydrogen) atoms. The van der Waals surface area contributed by atoms with Crippen molar-refractivity contribution in [3.8, 4) is 0 Å². The van der Waals surface area contributed by atoms with Crippen molar-refractivity contribution in [2.45, 2.75) is 58.5 Å². The number of carbonyl (C=O) groups is 1. The van der Waals surface area contributed by atoms with Gasteiger partial charge in [0.1, 0.15) is 5.60 Å². The van der Waals surface area contributed by atoms with Crippen molar-refractivity contribution in [3.05, 3.63) is 0 Å². The van der Waals surface area contributed by atoms with Crippen molar-refractivity contribution in [2.75, 3.05) is 13.2 Å². The zero-order valence-electron chi connectivity index (χ0n) is 11.9. The first kappa shape index (κ1) is 15.3. The molecular weight excluding hydrogens is 230 g/mol. The minimum Gasteiger partial charge on any atom is -0.444 e. The Labute approximate surface area is 110 Å². The molecule has 2 atom stereocenters. The molecule has 0 heterocycles. The van der Waals surface area contributed by atoms with Crippen molar-refractivity contribution in [1.29, 1.82) is 0 Å². The van der Waals surface area contributed by atoms with Gasteiger partial charge in [-0.2, -0.15) is 0 Å². The summed E-state index contributed by atoms with van der Waals surface area (Å²) < 4.78 is 5.22. The molecule has 0 spiro atoms. The number of nitrogens with one attached hydrogen (secondary N) is 1. The molecule has 1 fully saturated rings. The van der Waals surface area contributed by atoms with Gasteiger partial charge < -0.3 is 15.2 Å². The Morgan fingerprint density at radius 2 is 1.83 bits per heavy atom. The van der Waals surface area contributed by atoms with Crippen molar-refractivity contribution in [1.82, 2.24) is 5.32 Å². The molecule has 0 aromatic rings. The zero-order chi connectivity index (χ0) is 13.6. The number of aliphatic hydroxyl groups is 1. The van der Waals surface area contributed by atoms with Gasteiger partial charge in [0.25, 0.3) is 0 Å². The third kappa shape index (κ3) is 5.71. The Hall–Kier alpha value is -0.770. The van der Waals surface area contributed by atoms with E-state index in [2.05, 4.69) is 5.32 Å². The van der Waals surface area contributed by atoms with Gasteiger partial charge in [-0.05, 0) is 45.4 Å². The molecule has 0 aliphatic heterocycles. The van der Waals surface area contributed by atoms with E-state index in [-0.39, 0.29) is 12.7 Å². The van der Waals surface area contributed by atoms with Crippen LogP contribution in [0.2, 0.25) is 0 Å². The van der Waals surface area contributed by atoms with Crippen LogP contribution in [0.4, 0.5) is 4.79 Å². The number of amides is 1. The highest BCUT2D eigenvalue weighted by molar-refractivity contribution is 5.67. The Balaban J connectivity index is 2.37. The maximum absolute atomic E-state index is 11.6. The first-order valence-electron chi connectivity index (χ1n) is 7.00. The number of rotatable bonds is 3. The molecule has 0 aromatic carbocycles. The monoisotopic (exact) mass is 257 g/mol. The number of ether oxygens (including phenoxy) is 1. The van der Waals surface area contributed by atoms with Gasteiger partial charge in [-0.3, -0.25) is 0 Å². The van der Waals surface area contributed by atoms with E-state index in [0.29, 0.717) is 18.4 Å². The van der Waals surface area contributed by atoms with Crippen LogP contribution in [0.25, 0.3) is 0 Å². The molecule has 1 aliphatic carbocycles. The van der Waals surface area contributed by atoms with Gasteiger partial charge in [-0.15, -0.1) is 0 Å². The molecule has 0 unspecified atom stereocenters. The Bertz CT molecular complexity index is 260. The lowest BCUT2D eigenvalue weighted by Gasteiger charge is -2.25. The third-order valence-electron chi connectivity index (χ3n) is 3.46. The summed E-state index contributed by atoms with van der Waals surface area (Å²) in [5.41, 5.74) is -0.454. The molecule has 1 aliphatic rings. The second-order valence-corrected chi connectivity index (χ2v) is 6.22. The SMILES string of the molecule is CC(C)(C)OC(=O)NC[C@@H]1CCCCC[C@@H]1CO. The van der Waals surface area contributed by atoms with Gasteiger partial charge >= 0.3 is 6.09 Å². The smallest absolute Gasteiger partial charge is 0.407 e. The van der Waals surface area contributed by atoms with E-state index in [1.807, 2.05) is 20.8 Å². The van der Waals surface area contributed by atoms with Crippen molar-refractivity contribution in [2.24, 2.45) is 11.8 Å². The Kier molecular flexibility index (Phi) is 5.93. The lowest BCUT2D eigenvalue weighted by atomic mass is 9.88. The average Bonchev–Trinajstić information content (AvgIpc) is 2.48. The number of hydrogen-bond acceptors (Lipinski definition) is 3. The predicted octanol–water partition coefficient (Wildman–Crippen LogP) is 2.70. The standard InChI is InChI=1S/C14H27NO3/c1-14(2,3)18-13(17)15-9-11-7-5-4-6-8-12(11)10-16/h11-12,16H,4-10H2,1-3H3,(H,15,17)/t11-,12+/m0/s1. The topological polar surface area (TPSA) is 58.6 Å². The predicted molar refractivity (Wildman–Crippen MR) is 71.4 cm³/mol. The molecule has 4 heteroatoms. The van der Waals surface area contributed by atoms with E-state index in [0.717, 1.165) is 12.8 Å². The van der Waals surface area contributed by atoms with Gasteiger partial charge in [0, 0.05) is 13.2 Å². The van der Waals surface area contributed by atoms with E-state index < -0.39 is 5.60 Å². The highest BCUT2D eigenvalue weighted by atomic mass is 16.6. The van der Waals surface area contributed by atoms with E-state index in [1.54, 1.807) is 0 Å². The van der Waals surface area contributed by atoms with Crippen LogP contribution in [-0.2, 0) is 4.74 Å². The molecular formula is C14H27NO3. The summed E-state index contributed by atoms with van der Waals surface area (Å²) in [6.45, 7) is 6.40. The molecule has 0 radical (unpaired) electrons. The zero-order valence-corrected chi connectivity index (χ0v) is 11.9. The Morgan fingerprint density at radius 1 is 1.22 bits per heavy atom. The summed E-state index contributed by atoms with van der Waals surface area (Å²) in [5, 5.41) is 12.2. The summed E-state index contributed by atoms with van der Waals surface area (Å²) in [7, 11) is 0. The van der Waals surface area contributed by atoms with Gasteiger partial charge in [0.15, 0.2) is 0 Å². The average molecular weight is 257 g/mol. The van der Waals surface area contributed by atoms with Crippen LogP contribution in [0.3, 0.4) is 0 Å². The molecule has 0 saturated heterocycles. The summed E-state index contributed by atoms with van der Waals surface area (Å²) in [5.74, 6) is 0.701. The number of hydrogen-bond donors (Lipinski definition) is 2. The fourth-order valence-corrected chi connectivity index (χ4v) is 2.50. The number of aliphatic hydroxyl groups excluding tert-OH is 1. The lowest BCUT2D eigenvalue weighted by molar-refractivity contribution is 0.0504. The highest BCUT2D eigenvalue weighted by Gasteiger charge is 2.24. The minimum absolute atomic E-state index is 0.223. The van der Waals surface area contributed by atoms with E-state index in [4.69, 9.17) is 4.74 Å². The van der Waals surface area contributed by atoms with Gasteiger partial charge in [0.05, 0.1) is 0 Å². The van der Waals surface area contributed by atoms with E-state index in [9.17, 15) is 9.90 Å². The fraction of sp³-hybridized carbons (Fsp3) is 0.929. The molecule has 0 aromatic heterocycles. The molecule has 106 valence electrons. The summed E-state index contributed by atoms with van der Waals surface area (Å²) in [6.07, 6.45) is 5.41. The molecule has 1 rings (SSSR count). The van der Waals surface area contributed by atoms with Crippen molar-refractivity contribution < 1.29 is 14.6 Å². The van der Waals surface area contributed by atoms with E-state index >= 15 is 0 Å². The van der Waals surface area contributed by atoms with Crippen LogP contribution >= 0.6 is 0 Å². The van der Waals surface area contributed by atoms with Gasteiger partial charge in [0.2, 0.25) is 0 Å². The van der Waals surface area contributed by atoms with Crippen LogP contribution in [0, 0.1) is 11.8 Å². The molecule has 1 saturated carbocycles. The van der Waals surface area contributed by atoms with E-state index in [1.165, 1.54) is 19.3 Å². The van der Waals surface area contributed by atoms with Crippen molar-refractivity contribution in [3.63, 3.8) is 0 Å².